The molecule has 0 amide bonds. The maximum atomic E-state index is 6.00. The Bertz CT molecular complexity index is 576. The molecule has 0 spiro atoms. The second-order valence-electron chi connectivity index (χ2n) is 4.13. The SMILES string of the molecule is COc1cc(-c2n[nH]c(C)c2N)c(OC)cc1C. The van der Waals surface area contributed by atoms with E-state index in [0.717, 1.165) is 28.3 Å². The summed E-state index contributed by atoms with van der Waals surface area (Å²) in [5.74, 6) is 1.51. The van der Waals surface area contributed by atoms with Crippen molar-refractivity contribution in [2.24, 2.45) is 0 Å². The fourth-order valence-electron chi connectivity index (χ4n) is 1.88. The van der Waals surface area contributed by atoms with E-state index in [-0.39, 0.29) is 0 Å². The van der Waals surface area contributed by atoms with E-state index >= 15 is 0 Å². The number of H-pyrrole nitrogens is 1. The molecule has 2 rings (SSSR count). The fraction of sp³-hybridized carbons (Fsp3) is 0.308. The first kappa shape index (κ1) is 12.3. The van der Waals surface area contributed by atoms with Crippen molar-refractivity contribution < 1.29 is 9.47 Å². The number of aryl methyl sites for hydroxylation is 2. The highest BCUT2D eigenvalue weighted by molar-refractivity contribution is 5.79. The third-order valence-electron chi connectivity index (χ3n) is 2.97. The molecule has 5 heteroatoms. The van der Waals surface area contributed by atoms with E-state index in [1.807, 2.05) is 26.0 Å². The summed E-state index contributed by atoms with van der Waals surface area (Å²) in [7, 11) is 3.26. The highest BCUT2D eigenvalue weighted by Gasteiger charge is 2.16. The number of nitrogens with zero attached hydrogens (tertiary/aromatic N) is 1. The average Bonchev–Trinajstić information content (AvgIpc) is 2.70. The monoisotopic (exact) mass is 247 g/mol. The summed E-state index contributed by atoms with van der Waals surface area (Å²) in [5, 5.41) is 7.08. The lowest BCUT2D eigenvalue weighted by Gasteiger charge is -2.12. The van der Waals surface area contributed by atoms with Crippen LogP contribution in [0, 0.1) is 13.8 Å². The van der Waals surface area contributed by atoms with Gasteiger partial charge in [-0.05, 0) is 31.5 Å². The number of hydrogen-bond acceptors (Lipinski definition) is 4. The third-order valence-corrected chi connectivity index (χ3v) is 2.97. The molecule has 0 atom stereocenters. The van der Waals surface area contributed by atoms with Crippen LogP contribution in [0.4, 0.5) is 5.69 Å². The highest BCUT2D eigenvalue weighted by Crippen LogP contribution is 2.37. The van der Waals surface area contributed by atoms with E-state index in [4.69, 9.17) is 15.2 Å². The van der Waals surface area contributed by atoms with Gasteiger partial charge in [-0.3, -0.25) is 5.10 Å². The van der Waals surface area contributed by atoms with E-state index in [1.165, 1.54) is 0 Å². The van der Waals surface area contributed by atoms with Crippen molar-refractivity contribution >= 4 is 5.69 Å². The summed E-state index contributed by atoms with van der Waals surface area (Å²) in [5.41, 5.74) is 9.97. The predicted octanol–water partition coefficient (Wildman–Crippen LogP) is 2.29. The van der Waals surface area contributed by atoms with Crippen molar-refractivity contribution in [2.45, 2.75) is 13.8 Å². The van der Waals surface area contributed by atoms with E-state index < -0.39 is 0 Å². The first-order valence-electron chi connectivity index (χ1n) is 5.62. The highest BCUT2D eigenvalue weighted by atomic mass is 16.5. The van der Waals surface area contributed by atoms with Crippen LogP contribution in [0.1, 0.15) is 11.3 Å². The van der Waals surface area contributed by atoms with Crippen molar-refractivity contribution in [1.82, 2.24) is 10.2 Å². The molecular weight excluding hydrogens is 230 g/mol. The van der Waals surface area contributed by atoms with Gasteiger partial charge in [0.1, 0.15) is 17.2 Å². The zero-order valence-electron chi connectivity index (χ0n) is 11.0. The molecule has 0 saturated heterocycles. The summed E-state index contributed by atoms with van der Waals surface area (Å²) < 4.78 is 10.7. The average molecular weight is 247 g/mol. The van der Waals surface area contributed by atoms with E-state index in [0.29, 0.717) is 11.4 Å². The standard InChI is InChI=1S/C13H17N3O2/c1-7-5-11(18-4)9(6-10(7)17-3)13-12(14)8(2)15-16-13/h5-6H,14H2,1-4H3,(H,15,16). The van der Waals surface area contributed by atoms with Gasteiger partial charge in [0.15, 0.2) is 0 Å². The van der Waals surface area contributed by atoms with Crippen molar-refractivity contribution in [1.29, 1.82) is 0 Å². The Balaban J connectivity index is 2.65. The van der Waals surface area contributed by atoms with Crippen LogP contribution in [0.25, 0.3) is 11.3 Å². The molecule has 0 saturated carbocycles. The zero-order valence-corrected chi connectivity index (χ0v) is 11.0. The number of anilines is 1. The number of aromatic amines is 1. The van der Waals surface area contributed by atoms with E-state index in [9.17, 15) is 0 Å². The maximum Gasteiger partial charge on any atom is 0.128 e. The number of ether oxygens (including phenoxy) is 2. The molecule has 0 radical (unpaired) electrons. The molecule has 0 fully saturated rings. The first-order valence-corrected chi connectivity index (χ1v) is 5.62. The van der Waals surface area contributed by atoms with Crippen LogP contribution in [0.15, 0.2) is 12.1 Å². The van der Waals surface area contributed by atoms with Crippen LogP contribution in [-0.4, -0.2) is 24.4 Å². The summed E-state index contributed by atoms with van der Waals surface area (Å²) in [4.78, 5) is 0. The molecule has 1 aromatic carbocycles. The van der Waals surface area contributed by atoms with E-state index in [2.05, 4.69) is 10.2 Å². The lowest BCUT2D eigenvalue weighted by atomic mass is 10.1. The van der Waals surface area contributed by atoms with Crippen LogP contribution >= 0.6 is 0 Å². The Morgan fingerprint density at radius 3 is 2.28 bits per heavy atom. The minimum absolute atomic E-state index is 0.624. The van der Waals surface area contributed by atoms with Gasteiger partial charge in [-0.25, -0.2) is 0 Å². The Labute approximate surface area is 106 Å². The number of aromatic nitrogens is 2. The molecule has 0 bridgehead atoms. The summed E-state index contributed by atoms with van der Waals surface area (Å²) in [6.45, 7) is 3.84. The quantitative estimate of drug-likeness (QED) is 0.872. The zero-order chi connectivity index (χ0) is 13.3. The summed E-state index contributed by atoms with van der Waals surface area (Å²) >= 11 is 0. The molecule has 18 heavy (non-hydrogen) atoms. The van der Waals surface area contributed by atoms with E-state index in [1.54, 1.807) is 14.2 Å². The first-order chi connectivity index (χ1) is 8.58. The summed E-state index contributed by atoms with van der Waals surface area (Å²) in [6.07, 6.45) is 0. The molecule has 0 aliphatic heterocycles. The Morgan fingerprint density at radius 1 is 1.11 bits per heavy atom. The van der Waals surface area contributed by atoms with Gasteiger partial charge in [0.25, 0.3) is 0 Å². The van der Waals surface area contributed by atoms with Gasteiger partial charge in [-0.1, -0.05) is 0 Å². The molecule has 3 N–H and O–H groups in total. The maximum absolute atomic E-state index is 6.00. The van der Waals surface area contributed by atoms with Crippen molar-refractivity contribution in [3.05, 3.63) is 23.4 Å². The van der Waals surface area contributed by atoms with Gasteiger partial charge in [0.05, 0.1) is 25.6 Å². The third kappa shape index (κ3) is 1.88. The van der Waals surface area contributed by atoms with Crippen molar-refractivity contribution in [3.8, 4) is 22.8 Å². The van der Waals surface area contributed by atoms with Gasteiger partial charge in [-0.15, -0.1) is 0 Å². The Morgan fingerprint density at radius 2 is 1.78 bits per heavy atom. The van der Waals surface area contributed by atoms with Crippen LogP contribution in [0.2, 0.25) is 0 Å². The number of nitrogen functional groups attached to an aromatic ring is 1. The molecule has 96 valence electrons. The molecule has 0 unspecified atom stereocenters. The second-order valence-corrected chi connectivity index (χ2v) is 4.13. The van der Waals surface area contributed by atoms with Crippen molar-refractivity contribution in [3.63, 3.8) is 0 Å². The van der Waals surface area contributed by atoms with Crippen LogP contribution < -0.4 is 15.2 Å². The van der Waals surface area contributed by atoms with Gasteiger partial charge in [-0.2, -0.15) is 5.10 Å². The molecular formula is C13H17N3O2. The van der Waals surface area contributed by atoms with Gasteiger partial charge < -0.3 is 15.2 Å². The number of nitrogens with one attached hydrogen (secondary N) is 1. The minimum Gasteiger partial charge on any atom is -0.496 e. The summed E-state index contributed by atoms with van der Waals surface area (Å²) in [6, 6.07) is 3.80. The topological polar surface area (TPSA) is 73.2 Å². The minimum atomic E-state index is 0.624. The second kappa shape index (κ2) is 4.60. The number of nitrogens with two attached hydrogens (primary N) is 1. The fourth-order valence-corrected chi connectivity index (χ4v) is 1.88. The van der Waals surface area contributed by atoms with Crippen LogP contribution in [-0.2, 0) is 0 Å². The Kier molecular flexibility index (Phi) is 3.14. The molecule has 2 aromatic rings. The largest absolute Gasteiger partial charge is 0.496 e. The smallest absolute Gasteiger partial charge is 0.128 e. The normalized spacial score (nSPS) is 10.4. The van der Waals surface area contributed by atoms with Crippen molar-refractivity contribution in [2.75, 3.05) is 20.0 Å². The van der Waals surface area contributed by atoms with Gasteiger partial charge in [0, 0.05) is 5.56 Å². The van der Waals surface area contributed by atoms with Gasteiger partial charge >= 0.3 is 0 Å². The lowest BCUT2D eigenvalue weighted by molar-refractivity contribution is 0.401. The number of hydrogen-bond donors (Lipinski definition) is 2. The number of methoxy groups -OCH3 is 2. The lowest BCUT2D eigenvalue weighted by Crippen LogP contribution is -1.95. The molecule has 0 aliphatic rings. The van der Waals surface area contributed by atoms with Crippen LogP contribution in [0.3, 0.4) is 0 Å². The van der Waals surface area contributed by atoms with Crippen LogP contribution in [0.5, 0.6) is 11.5 Å². The number of rotatable bonds is 3. The molecule has 5 nitrogen and oxygen atoms in total. The molecule has 1 heterocycles. The Hall–Kier alpha value is -2.17. The predicted molar refractivity (Wildman–Crippen MR) is 71.0 cm³/mol. The van der Waals surface area contributed by atoms with Gasteiger partial charge in [0.2, 0.25) is 0 Å². The molecule has 0 aliphatic carbocycles. The number of benzene rings is 1. The molecule has 1 aromatic heterocycles.